The van der Waals surface area contributed by atoms with Crippen LogP contribution >= 0.6 is 15.9 Å². The molecule has 3 rings (SSSR count). The SMILES string of the molecule is CCCCc1c(Br)[c]c2c(c1CCCC)-c1ccccc1C2. The Kier molecular flexibility index (Phi) is 5.03. The molecule has 0 nitrogen and oxygen atoms in total. The number of unbranched alkanes of at least 4 members (excludes halogenated alkanes) is 2. The van der Waals surface area contributed by atoms with Crippen LogP contribution in [-0.2, 0) is 19.3 Å². The van der Waals surface area contributed by atoms with E-state index in [2.05, 4.69) is 60.1 Å². The van der Waals surface area contributed by atoms with Gasteiger partial charge in [-0.05, 0) is 81.4 Å². The van der Waals surface area contributed by atoms with Crippen molar-refractivity contribution >= 4 is 15.9 Å². The van der Waals surface area contributed by atoms with Gasteiger partial charge in [-0.25, -0.2) is 0 Å². The maximum absolute atomic E-state index is 3.81. The molecule has 0 atom stereocenters. The molecular formula is C21H24Br. The van der Waals surface area contributed by atoms with Crippen LogP contribution in [0.5, 0.6) is 0 Å². The average Bonchev–Trinajstić information content (AvgIpc) is 2.89. The van der Waals surface area contributed by atoms with Crippen LogP contribution in [0.1, 0.15) is 61.8 Å². The molecule has 1 radical (unpaired) electrons. The third-order valence-corrected chi connectivity index (χ3v) is 5.38. The molecule has 115 valence electrons. The molecule has 1 heteroatoms. The zero-order chi connectivity index (χ0) is 15.5. The first-order valence-corrected chi connectivity index (χ1v) is 9.39. The molecule has 0 N–H and O–H groups in total. The van der Waals surface area contributed by atoms with E-state index in [-0.39, 0.29) is 0 Å². The lowest BCUT2D eigenvalue weighted by atomic mass is 9.89. The average molecular weight is 356 g/mol. The fourth-order valence-electron chi connectivity index (χ4n) is 3.55. The largest absolute Gasteiger partial charge is 0.0654 e. The molecule has 0 amide bonds. The lowest BCUT2D eigenvalue weighted by Crippen LogP contribution is -2.01. The first-order chi connectivity index (χ1) is 10.8. The predicted octanol–water partition coefficient (Wildman–Crippen LogP) is 6.51. The molecular weight excluding hydrogens is 332 g/mol. The highest BCUT2D eigenvalue weighted by molar-refractivity contribution is 9.10. The summed E-state index contributed by atoms with van der Waals surface area (Å²) >= 11 is 3.81. The van der Waals surface area contributed by atoms with Gasteiger partial charge in [0.1, 0.15) is 0 Å². The number of rotatable bonds is 6. The van der Waals surface area contributed by atoms with Crippen molar-refractivity contribution in [2.45, 2.75) is 58.8 Å². The second kappa shape index (κ2) is 7.00. The quantitative estimate of drug-likeness (QED) is 0.472. The molecule has 0 aliphatic heterocycles. The summed E-state index contributed by atoms with van der Waals surface area (Å²) in [5.74, 6) is 0. The zero-order valence-corrected chi connectivity index (χ0v) is 15.2. The summed E-state index contributed by atoms with van der Waals surface area (Å²) in [4.78, 5) is 0. The summed E-state index contributed by atoms with van der Waals surface area (Å²) in [5.41, 5.74) is 8.89. The number of fused-ring (bicyclic) bond motifs is 3. The third kappa shape index (κ3) is 2.88. The van der Waals surface area contributed by atoms with Crippen molar-refractivity contribution in [2.24, 2.45) is 0 Å². The van der Waals surface area contributed by atoms with Crippen molar-refractivity contribution < 1.29 is 0 Å². The van der Waals surface area contributed by atoms with Crippen LogP contribution in [0.3, 0.4) is 0 Å². The highest BCUT2D eigenvalue weighted by Gasteiger charge is 2.24. The summed E-state index contributed by atoms with van der Waals surface area (Å²) in [6.07, 6.45) is 8.42. The Morgan fingerprint density at radius 1 is 1.00 bits per heavy atom. The fourth-order valence-corrected chi connectivity index (χ4v) is 4.22. The van der Waals surface area contributed by atoms with Gasteiger partial charge in [0.2, 0.25) is 0 Å². The number of benzene rings is 2. The molecule has 0 spiro atoms. The Balaban J connectivity index is 2.14. The van der Waals surface area contributed by atoms with Crippen LogP contribution in [0.4, 0.5) is 0 Å². The molecule has 0 heterocycles. The van der Waals surface area contributed by atoms with Gasteiger partial charge in [-0.2, -0.15) is 0 Å². The molecule has 1 aliphatic rings. The summed E-state index contributed by atoms with van der Waals surface area (Å²) in [6.45, 7) is 4.55. The van der Waals surface area contributed by atoms with Gasteiger partial charge in [0, 0.05) is 10.5 Å². The van der Waals surface area contributed by atoms with E-state index in [9.17, 15) is 0 Å². The minimum Gasteiger partial charge on any atom is -0.0654 e. The van der Waals surface area contributed by atoms with Gasteiger partial charge in [-0.1, -0.05) is 51.0 Å². The van der Waals surface area contributed by atoms with Gasteiger partial charge in [-0.15, -0.1) is 0 Å². The van der Waals surface area contributed by atoms with E-state index in [0.717, 1.165) is 6.42 Å². The van der Waals surface area contributed by atoms with Crippen LogP contribution in [0.15, 0.2) is 28.7 Å². The number of hydrogen-bond acceptors (Lipinski definition) is 0. The lowest BCUT2D eigenvalue weighted by molar-refractivity contribution is 0.756. The van der Waals surface area contributed by atoms with E-state index < -0.39 is 0 Å². The first kappa shape index (κ1) is 15.8. The Morgan fingerprint density at radius 2 is 1.68 bits per heavy atom. The van der Waals surface area contributed by atoms with Crippen molar-refractivity contribution in [1.29, 1.82) is 0 Å². The van der Waals surface area contributed by atoms with E-state index in [1.165, 1.54) is 70.8 Å². The molecule has 22 heavy (non-hydrogen) atoms. The predicted molar refractivity (Wildman–Crippen MR) is 98.4 cm³/mol. The molecule has 0 unspecified atom stereocenters. The normalized spacial score (nSPS) is 12.3. The van der Waals surface area contributed by atoms with E-state index in [0.29, 0.717) is 0 Å². The van der Waals surface area contributed by atoms with Gasteiger partial charge < -0.3 is 0 Å². The second-order valence-electron chi connectivity index (χ2n) is 6.29. The molecule has 0 fully saturated rings. The van der Waals surface area contributed by atoms with Crippen molar-refractivity contribution in [3.8, 4) is 11.1 Å². The number of hydrogen-bond donors (Lipinski definition) is 0. The highest BCUT2D eigenvalue weighted by Crippen LogP contribution is 2.43. The topological polar surface area (TPSA) is 0 Å². The standard InChI is InChI=1S/C21H24Br/c1-3-5-10-18-19(11-6-4-2)21-16(14-20(18)22)13-15-9-7-8-12-17(15)21/h7-9,12H,3-6,10-11,13H2,1-2H3. The molecule has 2 aromatic rings. The van der Waals surface area contributed by atoms with Gasteiger partial charge in [0.15, 0.2) is 0 Å². The maximum Gasteiger partial charge on any atom is 0.0292 e. The van der Waals surface area contributed by atoms with E-state index in [1.807, 2.05) is 0 Å². The Hall–Kier alpha value is -1.08. The highest BCUT2D eigenvalue weighted by atomic mass is 79.9. The maximum atomic E-state index is 3.81. The summed E-state index contributed by atoms with van der Waals surface area (Å²) in [6, 6.07) is 12.5. The van der Waals surface area contributed by atoms with E-state index in [4.69, 9.17) is 0 Å². The first-order valence-electron chi connectivity index (χ1n) is 8.59. The number of halogens is 1. The molecule has 0 bridgehead atoms. The van der Waals surface area contributed by atoms with E-state index in [1.54, 1.807) is 5.56 Å². The Bertz CT molecular complexity index is 670. The minimum absolute atomic E-state index is 1.04. The summed E-state index contributed by atoms with van der Waals surface area (Å²) < 4.78 is 1.21. The summed E-state index contributed by atoms with van der Waals surface area (Å²) in [5, 5.41) is 0. The fraction of sp³-hybridized carbons (Fsp3) is 0.429. The van der Waals surface area contributed by atoms with Gasteiger partial charge in [-0.3, -0.25) is 0 Å². The second-order valence-corrected chi connectivity index (χ2v) is 7.08. The van der Waals surface area contributed by atoms with Gasteiger partial charge in [0.05, 0.1) is 0 Å². The Morgan fingerprint density at radius 3 is 2.41 bits per heavy atom. The molecule has 2 aromatic carbocycles. The van der Waals surface area contributed by atoms with Crippen molar-refractivity contribution in [1.82, 2.24) is 0 Å². The lowest BCUT2D eigenvalue weighted by Gasteiger charge is -2.17. The van der Waals surface area contributed by atoms with Crippen molar-refractivity contribution in [3.63, 3.8) is 0 Å². The van der Waals surface area contributed by atoms with Gasteiger partial charge in [0.25, 0.3) is 0 Å². The van der Waals surface area contributed by atoms with Crippen LogP contribution in [0, 0.1) is 6.07 Å². The summed E-state index contributed by atoms with van der Waals surface area (Å²) in [7, 11) is 0. The smallest absolute Gasteiger partial charge is 0.0292 e. The molecule has 1 aliphatic carbocycles. The van der Waals surface area contributed by atoms with Crippen LogP contribution in [0.2, 0.25) is 0 Å². The molecule has 0 aromatic heterocycles. The molecule has 0 saturated carbocycles. The monoisotopic (exact) mass is 355 g/mol. The van der Waals surface area contributed by atoms with Crippen LogP contribution in [0.25, 0.3) is 11.1 Å². The third-order valence-electron chi connectivity index (χ3n) is 4.71. The molecule has 0 saturated heterocycles. The van der Waals surface area contributed by atoms with Crippen LogP contribution in [-0.4, -0.2) is 0 Å². The van der Waals surface area contributed by atoms with Crippen molar-refractivity contribution in [2.75, 3.05) is 0 Å². The Labute approximate surface area is 143 Å². The van der Waals surface area contributed by atoms with E-state index >= 15 is 0 Å². The van der Waals surface area contributed by atoms with Gasteiger partial charge >= 0.3 is 0 Å². The zero-order valence-electron chi connectivity index (χ0n) is 13.6. The van der Waals surface area contributed by atoms with Crippen LogP contribution < -0.4 is 0 Å². The van der Waals surface area contributed by atoms with Crippen molar-refractivity contribution in [3.05, 3.63) is 57.1 Å². The minimum atomic E-state index is 1.04.